The van der Waals surface area contributed by atoms with Gasteiger partial charge in [-0.2, -0.15) is 9.97 Å². The summed E-state index contributed by atoms with van der Waals surface area (Å²) in [5.74, 6) is 3.67. The number of nitrogens with two attached hydrogens (primary N) is 4. The Hall–Kier alpha value is -6.61. The van der Waals surface area contributed by atoms with Gasteiger partial charge >= 0.3 is 47.5 Å². The Kier molecular flexibility index (Phi) is 48.5. The van der Waals surface area contributed by atoms with Crippen LogP contribution in [0.15, 0.2) is 54.6 Å². The Balaban J connectivity index is 0.00000142. The molecule has 107 heavy (non-hydrogen) atoms. The van der Waals surface area contributed by atoms with E-state index in [1.807, 2.05) is 138 Å². The minimum atomic E-state index is -1.67. The van der Waals surface area contributed by atoms with Crippen LogP contribution in [0, 0.1) is 32.6 Å². The first-order valence-corrected chi connectivity index (χ1v) is 38.7. The molecule has 3 aromatic heterocycles. The summed E-state index contributed by atoms with van der Waals surface area (Å²) in [6.45, 7) is 33.4. The maximum absolute atomic E-state index is 12.5. The average Bonchev–Trinajstić information content (AvgIpc) is 0.820. The summed E-state index contributed by atoms with van der Waals surface area (Å²) in [6, 6.07) is 16.6. The molecule has 0 aliphatic heterocycles. The third kappa shape index (κ3) is 41.1. The van der Waals surface area contributed by atoms with E-state index in [1.54, 1.807) is 21.3 Å². The summed E-state index contributed by atoms with van der Waals surface area (Å²) < 4.78 is 41.8. The number of aromatic nitrogens is 6. The molecule has 0 unspecified atom stereocenters. The number of nitrogens with one attached hydrogen (secondary N) is 2. The Morgan fingerprint density at radius 1 is 0.533 bits per heavy atom. The number of rotatable bonds is 31. The molecule has 0 aliphatic carbocycles. The number of esters is 3. The number of nitrogen functional groups attached to an aromatic ring is 3. The molecule has 0 spiro atoms. The minimum absolute atomic E-state index is 0. The predicted octanol–water partition coefficient (Wildman–Crippen LogP) is 12.1. The minimum Gasteiger partial charge on any atom is -0.512 e. The van der Waals surface area contributed by atoms with E-state index in [9.17, 15) is 24.6 Å². The van der Waals surface area contributed by atoms with Gasteiger partial charge in [-0.1, -0.05) is 95.2 Å². The van der Waals surface area contributed by atoms with Crippen LogP contribution in [0.3, 0.4) is 0 Å². The van der Waals surface area contributed by atoms with Gasteiger partial charge in [-0.25, -0.2) is 24.1 Å². The van der Waals surface area contributed by atoms with E-state index in [2.05, 4.69) is 82.7 Å². The molecule has 6 aromatic rings. The first-order chi connectivity index (χ1) is 49.7. The summed E-state index contributed by atoms with van der Waals surface area (Å²) in [5, 5.41) is 32.3. The van der Waals surface area contributed by atoms with E-state index in [0.717, 1.165) is 136 Å². The fourth-order valence-corrected chi connectivity index (χ4v) is 11.0. The van der Waals surface area contributed by atoms with Gasteiger partial charge in [0.2, 0.25) is 27.1 Å². The quantitative estimate of drug-likeness (QED) is 0.00381. The van der Waals surface area contributed by atoms with Crippen molar-refractivity contribution in [3.8, 4) is 17.2 Å². The fourth-order valence-electron chi connectivity index (χ4n) is 10.5. The van der Waals surface area contributed by atoms with E-state index < -0.39 is 26.0 Å². The molecule has 590 valence electrons. The number of hydrogen-bond acceptors (Lipinski definition) is 25. The molecular formula is C76H114Cl4N13NaO12S. The molecule has 0 saturated carbocycles. The van der Waals surface area contributed by atoms with E-state index in [0.29, 0.717) is 54.1 Å². The number of methoxy groups -OCH3 is 3. The van der Waals surface area contributed by atoms with Crippen molar-refractivity contribution in [1.82, 2.24) is 29.9 Å². The van der Waals surface area contributed by atoms with Crippen LogP contribution in [-0.2, 0) is 76.2 Å². The summed E-state index contributed by atoms with van der Waals surface area (Å²) in [7, 11) is 12.2. The summed E-state index contributed by atoms with van der Waals surface area (Å²) in [4.78, 5) is 62.2. The van der Waals surface area contributed by atoms with Gasteiger partial charge in [0.25, 0.3) is 0 Å². The molecule has 3 heterocycles. The Morgan fingerprint density at radius 2 is 0.832 bits per heavy atom. The van der Waals surface area contributed by atoms with Crippen molar-refractivity contribution < 1.29 is 86.8 Å². The normalized spacial score (nSPS) is 11.7. The smallest absolute Gasteiger partial charge is 0.512 e. The maximum Gasteiger partial charge on any atom is 1.00 e. The third-order valence-electron chi connectivity index (χ3n) is 15.2. The molecule has 0 bridgehead atoms. The van der Waals surface area contributed by atoms with Crippen molar-refractivity contribution in [1.29, 1.82) is 5.26 Å². The summed E-state index contributed by atoms with van der Waals surface area (Å²) in [6.07, 6.45) is 11.0. The van der Waals surface area contributed by atoms with Crippen molar-refractivity contribution in [2.75, 3.05) is 49.2 Å². The van der Waals surface area contributed by atoms with Crippen molar-refractivity contribution in [3.63, 3.8) is 0 Å². The second-order valence-electron chi connectivity index (χ2n) is 27.8. The van der Waals surface area contributed by atoms with Crippen molar-refractivity contribution in [3.05, 3.63) is 133 Å². The first kappa shape index (κ1) is 100. The SMILES string of the molecule is CCCC[C@@H](CC(=O)OC(C)(C)C)Nc1nc(N)nc(C)c1Cc1cc(CCl)ccc1OC.CCCC[C@@H](CC(=O)OC(C)(C)C)Nc1nc(N)nc(C)c1Cc1cc(CO)ccc1OC.CCCC[C@H](N)CC(=O)OC(C)(C)C.COc1ccc(CO)cc1Cc1c(C)nc(N)nc1Cl.O=S(Cl)Cl.[C-]#N.[Na+]. The number of anilines is 5. The number of nitrogens with zero attached hydrogens (tertiary/aromatic N) is 7. The number of unbranched alkanes of at least 4 members (excludes halogenated alkanes) is 3. The first-order valence-electron chi connectivity index (χ1n) is 34.9. The number of ether oxygens (including phenoxy) is 6. The van der Waals surface area contributed by atoms with E-state index in [4.69, 9.17) is 90.6 Å². The molecule has 0 fully saturated rings. The second kappa shape index (κ2) is 51.7. The number of halogens is 4. The van der Waals surface area contributed by atoms with E-state index >= 15 is 0 Å². The molecule has 6 rings (SSSR count). The molecule has 31 heteroatoms. The molecule has 3 aromatic carbocycles. The van der Waals surface area contributed by atoms with Crippen LogP contribution in [0.1, 0.15) is 227 Å². The van der Waals surface area contributed by atoms with Crippen LogP contribution >= 0.6 is 44.6 Å². The number of alkyl halides is 1. The van der Waals surface area contributed by atoms with Crippen LogP contribution < -0.4 is 77.3 Å². The van der Waals surface area contributed by atoms with Gasteiger partial charge < -0.3 is 84.0 Å². The molecular weight excluding hydrogens is 1480 g/mol. The number of benzene rings is 3. The zero-order valence-electron chi connectivity index (χ0n) is 66.0. The number of carbonyl (C=O) groups excluding carboxylic acids is 3. The molecule has 0 aliphatic rings. The van der Waals surface area contributed by atoms with Gasteiger partial charge in [-0.15, -0.1) is 11.6 Å². The van der Waals surface area contributed by atoms with Crippen LogP contribution in [0.2, 0.25) is 5.15 Å². The number of aryl methyl sites for hydroxylation is 3. The number of carbonyl (C=O) groups is 3. The maximum atomic E-state index is 12.5. The molecule has 0 radical (unpaired) electrons. The van der Waals surface area contributed by atoms with Crippen molar-refractivity contribution in [2.45, 2.75) is 254 Å². The molecule has 12 N–H and O–H groups in total. The Labute approximate surface area is 677 Å². The zero-order valence-corrected chi connectivity index (χ0v) is 71.8. The summed E-state index contributed by atoms with van der Waals surface area (Å²) >= 11 is 12.2. The summed E-state index contributed by atoms with van der Waals surface area (Å²) in [5.41, 5.74) is 32.0. The van der Waals surface area contributed by atoms with Gasteiger partial charge in [0.1, 0.15) is 50.8 Å². The predicted molar refractivity (Wildman–Crippen MR) is 425 cm³/mol. The molecule has 3 atom stereocenters. The topological polar surface area (TPSA) is 393 Å². The zero-order chi connectivity index (χ0) is 80.7. The van der Waals surface area contributed by atoms with Crippen molar-refractivity contribution >= 4 is 101 Å². The monoisotopic (exact) mass is 1600 g/mol. The van der Waals surface area contributed by atoms with Crippen LogP contribution in [0.25, 0.3) is 0 Å². The Bertz CT molecular complexity index is 3550. The van der Waals surface area contributed by atoms with Gasteiger partial charge in [0, 0.05) is 98.4 Å². The number of aliphatic hydroxyl groups excluding tert-OH is 2. The number of aliphatic hydroxyl groups is 2. The van der Waals surface area contributed by atoms with E-state index in [-0.39, 0.29) is 109 Å². The van der Waals surface area contributed by atoms with Gasteiger partial charge in [-0.3, -0.25) is 14.4 Å². The van der Waals surface area contributed by atoms with Crippen LogP contribution in [-0.4, -0.2) is 118 Å². The second-order valence-corrected chi connectivity index (χ2v) is 30.9. The van der Waals surface area contributed by atoms with Crippen LogP contribution in [0.4, 0.5) is 29.5 Å². The average molecular weight is 1600 g/mol. The van der Waals surface area contributed by atoms with Gasteiger partial charge in [0.05, 0.1) is 53.8 Å². The van der Waals surface area contributed by atoms with E-state index in [1.165, 1.54) is 0 Å². The standard InChI is InChI=1S/C25H37ClN4O3.C25H38N4O4.C14H16ClN3O2.C11H23NO2.CN.Cl2OS.Na/c1-7-8-9-19(14-22(31)33-25(3,4)5)29-23-20(16(2)28-24(27)30-23)13-18-12-17(15-26)10-11-21(18)32-6;1-7-8-9-19(14-22(31)33-25(3,4)5)28-23-20(16(2)27-24(26)29-23)13-18-12-17(15-30)10-11-21(18)32-6;1-8-11(13(15)18-14(16)17-8)6-10-5-9(7-19)3-4-12(10)20-2;1-5-6-7-9(12)8-10(13)14-11(2,3)4;1-2;1-4(2)3;/h10-12,19H,7-9,13-15H2,1-6H3,(H3,27,28,29,30);10-12,19,30H,7-9,13-15H2,1-6H3,(H3,26,27,28,29);3-5,19H,6-7H2,1-2H3,(H2,16,17,18);9H,5-8,12H2,1-4H3;;;/q;;;;-1;;+1/t2*19-;;9-;;;/m00.0.../s1. The molecule has 0 amide bonds. The fraction of sp³-hybridized carbons (Fsp3) is 0.553. The molecule has 0 saturated heterocycles. The van der Waals surface area contributed by atoms with Gasteiger partial charge in [-0.05, 0) is 166 Å². The Morgan fingerprint density at radius 3 is 1.14 bits per heavy atom. The largest absolute Gasteiger partial charge is 1.00 e. The number of hydrogen-bond donors (Lipinski definition) is 8. The van der Waals surface area contributed by atoms with Crippen LogP contribution in [0.5, 0.6) is 17.2 Å². The van der Waals surface area contributed by atoms with Gasteiger partial charge in [0.15, 0.2) is 0 Å². The molecule has 25 nitrogen and oxygen atoms in total. The third-order valence-corrected chi connectivity index (χ3v) is 15.9. The van der Waals surface area contributed by atoms with Crippen molar-refractivity contribution in [2.24, 2.45) is 5.73 Å².